The van der Waals surface area contributed by atoms with Crippen LogP contribution in [-0.4, -0.2) is 62.2 Å². The van der Waals surface area contributed by atoms with Crippen molar-refractivity contribution in [2.45, 2.75) is 31.4 Å². The average Bonchev–Trinajstić information content (AvgIpc) is 3.01. The monoisotopic (exact) mass is 321 g/mol. The lowest BCUT2D eigenvalue weighted by atomic mass is 9.94. The maximum absolute atomic E-state index is 10.2. The Morgan fingerprint density at radius 3 is 2.96 bits per heavy atom. The summed E-state index contributed by atoms with van der Waals surface area (Å²) in [5, 5.41) is 10.2. The molecule has 128 valence electrons. The third-order valence-corrected chi connectivity index (χ3v) is 4.99. The van der Waals surface area contributed by atoms with Crippen LogP contribution in [0.5, 0.6) is 11.5 Å². The zero-order chi connectivity index (χ0) is 16.1. The Hall–Kier alpha value is -1.30. The first kappa shape index (κ1) is 16.6. The van der Waals surface area contributed by atoms with Crippen LogP contribution in [0, 0.1) is 5.92 Å². The van der Waals surface area contributed by atoms with Crippen molar-refractivity contribution < 1.29 is 19.3 Å². The molecule has 1 aromatic carbocycles. The molecular weight excluding hydrogens is 294 g/mol. The Bertz CT molecular complexity index is 496. The van der Waals surface area contributed by atoms with Gasteiger partial charge in [-0.2, -0.15) is 0 Å². The van der Waals surface area contributed by atoms with Crippen LogP contribution in [0.3, 0.4) is 0 Å². The second-order valence-electron chi connectivity index (χ2n) is 6.37. The maximum atomic E-state index is 10.2. The van der Waals surface area contributed by atoms with Gasteiger partial charge in [0, 0.05) is 31.1 Å². The van der Waals surface area contributed by atoms with Gasteiger partial charge in [0.25, 0.3) is 0 Å². The molecule has 1 saturated heterocycles. The van der Waals surface area contributed by atoms with Gasteiger partial charge in [-0.05, 0) is 25.0 Å². The van der Waals surface area contributed by atoms with Crippen LogP contribution in [0.25, 0.3) is 0 Å². The molecular formula is C18H27NO4. The number of aliphatic hydroxyl groups excluding tert-OH is 1. The molecule has 1 heterocycles. The highest BCUT2D eigenvalue weighted by atomic mass is 16.5. The van der Waals surface area contributed by atoms with Crippen LogP contribution in [0.4, 0.5) is 0 Å². The van der Waals surface area contributed by atoms with Gasteiger partial charge >= 0.3 is 0 Å². The van der Waals surface area contributed by atoms with Gasteiger partial charge < -0.3 is 19.3 Å². The van der Waals surface area contributed by atoms with E-state index in [2.05, 4.69) is 4.90 Å². The first-order valence-corrected chi connectivity index (χ1v) is 8.54. The van der Waals surface area contributed by atoms with E-state index in [9.17, 15) is 5.11 Å². The van der Waals surface area contributed by atoms with Crippen LogP contribution < -0.4 is 9.47 Å². The lowest BCUT2D eigenvalue weighted by Gasteiger charge is -2.40. The smallest absolute Gasteiger partial charge is 0.123 e. The molecule has 3 rings (SSSR count). The summed E-state index contributed by atoms with van der Waals surface area (Å²) in [5.41, 5.74) is 0. The van der Waals surface area contributed by atoms with Crippen molar-refractivity contribution in [2.24, 2.45) is 5.92 Å². The Kier molecular flexibility index (Phi) is 5.75. The Balaban J connectivity index is 1.53. The first-order chi connectivity index (χ1) is 11.3. The topological polar surface area (TPSA) is 51.2 Å². The molecule has 5 nitrogen and oxygen atoms in total. The van der Waals surface area contributed by atoms with Crippen molar-refractivity contribution in [1.29, 1.82) is 0 Å². The van der Waals surface area contributed by atoms with Crippen molar-refractivity contribution in [3.05, 3.63) is 24.3 Å². The van der Waals surface area contributed by atoms with Crippen molar-refractivity contribution >= 4 is 0 Å². The summed E-state index contributed by atoms with van der Waals surface area (Å²) in [6.45, 7) is 3.88. The number of ether oxygens (including phenoxy) is 3. The van der Waals surface area contributed by atoms with Gasteiger partial charge in [0.2, 0.25) is 0 Å². The van der Waals surface area contributed by atoms with E-state index in [4.69, 9.17) is 14.2 Å². The normalized spacial score (nSPS) is 28.7. The molecule has 3 atom stereocenters. The van der Waals surface area contributed by atoms with Crippen LogP contribution >= 0.6 is 0 Å². The van der Waals surface area contributed by atoms with Gasteiger partial charge in [0.15, 0.2) is 0 Å². The summed E-state index contributed by atoms with van der Waals surface area (Å²) in [7, 11) is 1.66. The molecule has 1 saturated carbocycles. The van der Waals surface area contributed by atoms with Crippen LogP contribution in [0.2, 0.25) is 0 Å². The molecule has 0 amide bonds. The van der Waals surface area contributed by atoms with E-state index in [1.165, 1.54) is 0 Å². The number of rotatable bonds is 6. The SMILES string of the molecule is COc1cccc(OCCN2CCOC[C@@H]2[C@H]2CCC[C@H]2O)c1. The summed E-state index contributed by atoms with van der Waals surface area (Å²) < 4.78 is 16.7. The van der Waals surface area contributed by atoms with Gasteiger partial charge in [-0.1, -0.05) is 12.5 Å². The van der Waals surface area contributed by atoms with Crippen molar-refractivity contribution in [1.82, 2.24) is 4.90 Å². The van der Waals surface area contributed by atoms with Gasteiger partial charge in [-0.15, -0.1) is 0 Å². The Morgan fingerprint density at radius 1 is 1.30 bits per heavy atom. The zero-order valence-corrected chi connectivity index (χ0v) is 13.8. The lowest BCUT2D eigenvalue weighted by molar-refractivity contribution is -0.0532. The summed E-state index contributed by atoms with van der Waals surface area (Å²) in [6.07, 6.45) is 2.97. The summed E-state index contributed by atoms with van der Waals surface area (Å²) in [4.78, 5) is 2.42. The lowest BCUT2D eigenvalue weighted by Crippen LogP contribution is -2.52. The Labute approximate surface area is 138 Å². The quantitative estimate of drug-likeness (QED) is 0.868. The molecule has 0 radical (unpaired) electrons. The molecule has 0 bridgehead atoms. The highest BCUT2D eigenvalue weighted by molar-refractivity contribution is 5.32. The van der Waals surface area contributed by atoms with E-state index in [0.29, 0.717) is 18.6 Å². The van der Waals surface area contributed by atoms with Gasteiger partial charge in [0.1, 0.15) is 18.1 Å². The Morgan fingerprint density at radius 2 is 2.17 bits per heavy atom. The van der Waals surface area contributed by atoms with Crippen LogP contribution in [0.1, 0.15) is 19.3 Å². The summed E-state index contributed by atoms with van der Waals surface area (Å²) >= 11 is 0. The van der Waals surface area contributed by atoms with Crippen molar-refractivity contribution in [3.8, 4) is 11.5 Å². The van der Waals surface area contributed by atoms with Gasteiger partial charge in [-0.3, -0.25) is 4.90 Å². The minimum atomic E-state index is -0.177. The van der Waals surface area contributed by atoms with E-state index in [1.54, 1.807) is 7.11 Å². The zero-order valence-electron chi connectivity index (χ0n) is 13.8. The third-order valence-electron chi connectivity index (χ3n) is 4.99. The molecule has 1 N–H and O–H groups in total. The van der Waals surface area contributed by atoms with E-state index in [0.717, 1.165) is 57.1 Å². The molecule has 0 unspecified atom stereocenters. The predicted molar refractivity (Wildman–Crippen MR) is 88.0 cm³/mol. The number of aliphatic hydroxyl groups is 1. The van der Waals surface area contributed by atoms with Crippen molar-refractivity contribution in [3.63, 3.8) is 0 Å². The third kappa shape index (κ3) is 4.16. The standard InChI is InChI=1S/C18H27NO4/c1-21-14-4-2-5-15(12-14)23-11-9-19-8-10-22-13-17(19)16-6-3-7-18(16)20/h2,4-5,12,16-18,20H,3,6-11,13H2,1H3/t16-,17-,18-/m1/s1. The van der Waals surface area contributed by atoms with E-state index in [-0.39, 0.29) is 6.10 Å². The average molecular weight is 321 g/mol. The molecule has 2 fully saturated rings. The molecule has 5 heteroatoms. The fourth-order valence-corrected chi connectivity index (χ4v) is 3.72. The molecule has 2 aliphatic rings. The number of hydrogen-bond acceptors (Lipinski definition) is 5. The molecule has 0 spiro atoms. The summed E-state index contributed by atoms with van der Waals surface area (Å²) in [5.74, 6) is 1.98. The van der Waals surface area contributed by atoms with E-state index < -0.39 is 0 Å². The number of nitrogens with zero attached hydrogens (tertiary/aromatic N) is 1. The van der Waals surface area contributed by atoms with E-state index >= 15 is 0 Å². The number of methoxy groups -OCH3 is 1. The largest absolute Gasteiger partial charge is 0.497 e. The van der Waals surface area contributed by atoms with Crippen molar-refractivity contribution in [2.75, 3.05) is 40.0 Å². The number of morpholine rings is 1. The fourth-order valence-electron chi connectivity index (χ4n) is 3.72. The molecule has 23 heavy (non-hydrogen) atoms. The highest BCUT2D eigenvalue weighted by Crippen LogP contribution is 2.32. The minimum absolute atomic E-state index is 0.177. The molecule has 1 aliphatic heterocycles. The molecule has 0 aromatic heterocycles. The summed E-state index contributed by atoms with van der Waals surface area (Å²) in [6, 6.07) is 8.00. The fraction of sp³-hybridized carbons (Fsp3) is 0.667. The first-order valence-electron chi connectivity index (χ1n) is 8.54. The second kappa shape index (κ2) is 7.99. The number of hydrogen-bond donors (Lipinski definition) is 1. The second-order valence-corrected chi connectivity index (χ2v) is 6.37. The van der Waals surface area contributed by atoms with E-state index in [1.807, 2.05) is 24.3 Å². The molecule has 1 aromatic rings. The van der Waals surface area contributed by atoms with Gasteiger partial charge in [-0.25, -0.2) is 0 Å². The highest BCUT2D eigenvalue weighted by Gasteiger charge is 2.37. The maximum Gasteiger partial charge on any atom is 0.123 e. The molecule has 1 aliphatic carbocycles. The number of benzene rings is 1. The predicted octanol–water partition coefficient (Wildman–Crippen LogP) is 1.94. The van der Waals surface area contributed by atoms with Crippen LogP contribution in [0.15, 0.2) is 24.3 Å². The van der Waals surface area contributed by atoms with Crippen LogP contribution in [-0.2, 0) is 4.74 Å². The van der Waals surface area contributed by atoms with Gasteiger partial charge in [0.05, 0.1) is 26.4 Å². The minimum Gasteiger partial charge on any atom is -0.497 e.